The average Bonchev–Trinajstić information content (AvgIpc) is 1.96. The highest BCUT2D eigenvalue weighted by molar-refractivity contribution is 14.1. The number of ketones is 1. The molecule has 1 rings (SSSR count). The number of carbonyl (C=O) groups excluding carboxylic acids is 1. The van der Waals surface area contributed by atoms with Crippen LogP contribution in [0, 0.1) is 16.3 Å². The Morgan fingerprint density at radius 3 is 2.58 bits per heavy atom. The summed E-state index contributed by atoms with van der Waals surface area (Å²) in [6.07, 6.45) is 0. The van der Waals surface area contributed by atoms with E-state index in [9.17, 15) is 9.18 Å². The maximum Gasteiger partial charge on any atom is 0.162 e. The summed E-state index contributed by atoms with van der Waals surface area (Å²) in [6, 6.07) is 3.28. The molecule has 64 valence electrons. The first-order valence-electron chi connectivity index (χ1n) is 3.49. The molecule has 0 heterocycles. The van der Waals surface area contributed by atoms with Gasteiger partial charge in [0.1, 0.15) is 5.82 Å². The average molecular weight is 278 g/mol. The predicted octanol–water partition coefficient (Wildman–Crippen LogP) is 2.94. The maximum absolute atomic E-state index is 13.2. The Morgan fingerprint density at radius 2 is 2.08 bits per heavy atom. The molecule has 0 unspecified atom stereocenters. The van der Waals surface area contributed by atoms with Gasteiger partial charge < -0.3 is 0 Å². The van der Waals surface area contributed by atoms with Gasteiger partial charge in [-0.25, -0.2) is 4.39 Å². The molecule has 0 saturated heterocycles. The third-order valence-electron chi connectivity index (χ3n) is 1.55. The summed E-state index contributed by atoms with van der Waals surface area (Å²) in [5.41, 5.74) is 1.09. The lowest BCUT2D eigenvalue weighted by Crippen LogP contribution is -1.99. The van der Waals surface area contributed by atoms with Crippen LogP contribution < -0.4 is 0 Å². The number of benzene rings is 1. The Kier molecular flexibility index (Phi) is 2.82. The number of rotatable bonds is 1. The zero-order valence-electron chi connectivity index (χ0n) is 6.82. The molecule has 0 fully saturated rings. The van der Waals surface area contributed by atoms with Crippen LogP contribution in [0.15, 0.2) is 12.1 Å². The van der Waals surface area contributed by atoms with Gasteiger partial charge in [0.2, 0.25) is 0 Å². The third kappa shape index (κ3) is 1.83. The van der Waals surface area contributed by atoms with Crippen molar-refractivity contribution < 1.29 is 9.18 Å². The van der Waals surface area contributed by atoms with Crippen LogP contribution in [0.25, 0.3) is 0 Å². The summed E-state index contributed by atoms with van der Waals surface area (Å²) in [7, 11) is 0. The molecule has 0 atom stereocenters. The highest BCUT2D eigenvalue weighted by Crippen LogP contribution is 2.17. The van der Waals surface area contributed by atoms with E-state index < -0.39 is 5.82 Å². The van der Waals surface area contributed by atoms with Crippen LogP contribution in [0.2, 0.25) is 0 Å². The summed E-state index contributed by atoms with van der Waals surface area (Å²) in [6.45, 7) is 3.21. The van der Waals surface area contributed by atoms with E-state index in [0.29, 0.717) is 3.57 Å². The first-order valence-corrected chi connectivity index (χ1v) is 4.57. The molecule has 0 amide bonds. The lowest BCUT2D eigenvalue weighted by Gasteiger charge is -2.02. The molecular formula is C9H8FIO. The van der Waals surface area contributed by atoms with Gasteiger partial charge in [0.25, 0.3) is 0 Å². The van der Waals surface area contributed by atoms with Gasteiger partial charge >= 0.3 is 0 Å². The number of hydrogen-bond acceptors (Lipinski definition) is 1. The number of carbonyl (C=O) groups is 1. The van der Waals surface area contributed by atoms with E-state index in [1.165, 1.54) is 6.92 Å². The zero-order chi connectivity index (χ0) is 9.30. The van der Waals surface area contributed by atoms with Gasteiger partial charge in [0.05, 0.1) is 5.56 Å². The van der Waals surface area contributed by atoms with Crippen molar-refractivity contribution in [2.24, 2.45) is 0 Å². The summed E-state index contributed by atoms with van der Waals surface area (Å²) in [5, 5.41) is 0. The highest BCUT2D eigenvalue weighted by Gasteiger charge is 2.10. The van der Waals surface area contributed by atoms with Gasteiger partial charge in [0.15, 0.2) is 5.78 Å². The largest absolute Gasteiger partial charge is 0.294 e. The summed E-state index contributed by atoms with van der Waals surface area (Å²) in [5.74, 6) is -0.636. The van der Waals surface area contributed by atoms with E-state index in [2.05, 4.69) is 0 Å². The van der Waals surface area contributed by atoms with Crippen molar-refractivity contribution in [1.82, 2.24) is 0 Å². The molecule has 1 aromatic carbocycles. The molecule has 0 aliphatic rings. The Labute approximate surface area is 84.1 Å². The van der Waals surface area contributed by atoms with Gasteiger partial charge in [-0.2, -0.15) is 0 Å². The van der Waals surface area contributed by atoms with Crippen LogP contribution in [0.3, 0.4) is 0 Å². The van der Waals surface area contributed by atoms with Crippen LogP contribution in [0.5, 0.6) is 0 Å². The maximum atomic E-state index is 13.2. The Balaban J connectivity index is 3.37. The van der Waals surface area contributed by atoms with Crippen molar-refractivity contribution >= 4 is 28.4 Å². The van der Waals surface area contributed by atoms with Crippen molar-refractivity contribution in [3.63, 3.8) is 0 Å². The first-order chi connectivity index (χ1) is 5.52. The number of Topliss-reactive ketones (excluding diaryl/α,β-unsaturated/α-hetero) is 1. The fraction of sp³-hybridized carbons (Fsp3) is 0.222. The number of aryl methyl sites for hydroxylation is 1. The Morgan fingerprint density at radius 1 is 1.50 bits per heavy atom. The zero-order valence-corrected chi connectivity index (χ0v) is 8.98. The SMILES string of the molecule is CC(=O)c1cc(C)cc(I)c1F. The molecule has 0 aliphatic heterocycles. The minimum atomic E-state index is -0.409. The molecule has 0 N–H and O–H groups in total. The van der Waals surface area contributed by atoms with Crippen LogP contribution >= 0.6 is 22.6 Å². The quantitative estimate of drug-likeness (QED) is 0.570. The highest BCUT2D eigenvalue weighted by atomic mass is 127. The minimum Gasteiger partial charge on any atom is -0.294 e. The van der Waals surface area contributed by atoms with Gasteiger partial charge in [-0.1, -0.05) is 0 Å². The second-order valence-corrected chi connectivity index (χ2v) is 3.83. The van der Waals surface area contributed by atoms with Crippen molar-refractivity contribution in [3.05, 3.63) is 32.6 Å². The molecule has 1 nitrogen and oxygen atoms in total. The Bertz CT molecular complexity index is 334. The monoisotopic (exact) mass is 278 g/mol. The van der Waals surface area contributed by atoms with E-state index in [-0.39, 0.29) is 11.3 Å². The van der Waals surface area contributed by atoms with Crippen LogP contribution in [-0.2, 0) is 0 Å². The molecule has 0 radical (unpaired) electrons. The summed E-state index contributed by atoms with van der Waals surface area (Å²) in [4.78, 5) is 10.9. The topological polar surface area (TPSA) is 17.1 Å². The normalized spacial score (nSPS) is 10.0. The van der Waals surface area contributed by atoms with E-state index in [1.807, 2.05) is 29.5 Å². The summed E-state index contributed by atoms with van der Waals surface area (Å²) < 4.78 is 13.7. The molecule has 12 heavy (non-hydrogen) atoms. The smallest absolute Gasteiger partial charge is 0.162 e. The van der Waals surface area contributed by atoms with Crippen LogP contribution in [0.1, 0.15) is 22.8 Å². The van der Waals surface area contributed by atoms with E-state index in [4.69, 9.17) is 0 Å². The fourth-order valence-corrected chi connectivity index (χ4v) is 1.76. The van der Waals surface area contributed by atoms with Crippen LogP contribution in [-0.4, -0.2) is 5.78 Å². The lowest BCUT2D eigenvalue weighted by molar-refractivity contribution is 0.101. The van der Waals surface area contributed by atoms with Gasteiger partial charge in [0, 0.05) is 3.57 Å². The molecule has 3 heteroatoms. The first kappa shape index (κ1) is 9.64. The number of hydrogen-bond donors (Lipinski definition) is 0. The molecular weight excluding hydrogens is 270 g/mol. The van der Waals surface area contributed by atoms with E-state index in [1.54, 1.807) is 12.1 Å². The molecule has 0 spiro atoms. The van der Waals surface area contributed by atoms with E-state index >= 15 is 0 Å². The summed E-state index contributed by atoms with van der Waals surface area (Å²) >= 11 is 1.88. The van der Waals surface area contributed by atoms with Crippen molar-refractivity contribution in [2.75, 3.05) is 0 Å². The molecule has 1 aromatic rings. The second kappa shape index (κ2) is 3.51. The fourth-order valence-electron chi connectivity index (χ4n) is 0.981. The minimum absolute atomic E-state index is 0.180. The van der Waals surface area contributed by atoms with Crippen molar-refractivity contribution in [2.45, 2.75) is 13.8 Å². The van der Waals surface area contributed by atoms with Crippen LogP contribution in [0.4, 0.5) is 4.39 Å². The van der Waals surface area contributed by atoms with Crippen molar-refractivity contribution in [1.29, 1.82) is 0 Å². The molecule has 0 saturated carbocycles. The Hall–Kier alpha value is -0.450. The molecule has 0 aromatic heterocycles. The van der Waals surface area contributed by atoms with E-state index in [0.717, 1.165) is 5.56 Å². The van der Waals surface area contributed by atoms with Gasteiger partial charge in [-0.15, -0.1) is 0 Å². The lowest BCUT2D eigenvalue weighted by atomic mass is 10.1. The standard InChI is InChI=1S/C9H8FIO/c1-5-3-7(6(2)12)9(10)8(11)4-5/h3-4H,1-2H3. The van der Waals surface area contributed by atoms with Crippen molar-refractivity contribution in [3.8, 4) is 0 Å². The third-order valence-corrected chi connectivity index (χ3v) is 2.34. The van der Waals surface area contributed by atoms with Gasteiger partial charge in [-0.05, 0) is 54.1 Å². The number of halogens is 2. The predicted molar refractivity (Wildman–Crippen MR) is 53.9 cm³/mol. The second-order valence-electron chi connectivity index (χ2n) is 2.66. The molecule has 0 bridgehead atoms. The van der Waals surface area contributed by atoms with Gasteiger partial charge in [-0.3, -0.25) is 4.79 Å². The molecule has 0 aliphatic carbocycles.